The average molecular weight is 338 g/mol. The second-order valence-electron chi connectivity index (χ2n) is 5.09. The summed E-state index contributed by atoms with van der Waals surface area (Å²) in [5, 5.41) is 5.36. The lowest BCUT2D eigenvalue weighted by molar-refractivity contribution is 0.324. The Kier molecular flexibility index (Phi) is 7.30. The van der Waals surface area contributed by atoms with Crippen LogP contribution in [0.4, 0.5) is 5.69 Å². The van der Waals surface area contributed by atoms with Gasteiger partial charge in [-0.15, -0.1) is 0 Å². The van der Waals surface area contributed by atoms with Gasteiger partial charge in [-0.3, -0.25) is 4.98 Å². The lowest BCUT2D eigenvalue weighted by Gasteiger charge is -2.17. The highest BCUT2D eigenvalue weighted by Gasteiger charge is 2.02. The van der Waals surface area contributed by atoms with Gasteiger partial charge in [-0.05, 0) is 37.4 Å². The van der Waals surface area contributed by atoms with E-state index in [9.17, 15) is 0 Å². The summed E-state index contributed by atoms with van der Waals surface area (Å²) in [6, 6.07) is 7.87. The summed E-state index contributed by atoms with van der Waals surface area (Å²) in [6.07, 6.45) is 1.83. The number of nitrogens with one attached hydrogen (secondary N) is 1. The maximum Gasteiger partial charge on any atom is 0.0737 e. The van der Waals surface area contributed by atoms with Crippen molar-refractivity contribution < 1.29 is 0 Å². The van der Waals surface area contributed by atoms with Gasteiger partial charge in [0.25, 0.3) is 0 Å². The van der Waals surface area contributed by atoms with Crippen LogP contribution in [0.1, 0.15) is 13.8 Å². The number of thioether (sulfide) groups is 1. The van der Waals surface area contributed by atoms with E-state index < -0.39 is 0 Å². The van der Waals surface area contributed by atoms with Gasteiger partial charge in [0.2, 0.25) is 0 Å². The Balaban J connectivity index is 1.78. The molecule has 1 aromatic heterocycles. The second-order valence-corrected chi connectivity index (χ2v) is 6.75. The molecule has 1 N–H and O–H groups in total. The van der Waals surface area contributed by atoms with E-state index in [1.165, 1.54) is 12.3 Å². The number of hydrogen-bond donors (Lipinski definition) is 1. The fourth-order valence-electron chi connectivity index (χ4n) is 2.37. The standard InChI is InChI=1S/C17H24ClN3S/c1-3-21(4-2)10-12-22-11-9-20-16-7-8-19-17-13-14(18)5-6-15(16)17/h5-8,13H,3-4,9-12H2,1-2H3,(H,19,20). The quantitative estimate of drug-likeness (QED) is 0.687. The molecular formula is C17H24ClN3S. The molecule has 2 aromatic rings. The lowest BCUT2D eigenvalue weighted by Crippen LogP contribution is -2.25. The summed E-state index contributed by atoms with van der Waals surface area (Å²) in [5.41, 5.74) is 2.07. The minimum atomic E-state index is 0.726. The zero-order valence-corrected chi connectivity index (χ0v) is 14.9. The van der Waals surface area contributed by atoms with Gasteiger partial charge in [-0.1, -0.05) is 25.4 Å². The van der Waals surface area contributed by atoms with Crippen LogP contribution < -0.4 is 5.32 Å². The van der Waals surface area contributed by atoms with Crippen LogP contribution in [0, 0.1) is 0 Å². The van der Waals surface area contributed by atoms with E-state index in [0.717, 1.165) is 47.0 Å². The second kappa shape index (κ2) is 9.23. The summed E-state index contributed by atoms with van der Waals surface area (Å²) in [5.74, 6) is 2.30. The summed E-state index contributed by atoms with van der Waals surface area (Å²) in [4.78, 5) is 6.82. The highest BCUT2D eigenvalue weighted by molar-refractivity contribution is 7.99. The van der Waals surface area contributed by atoms with Gasteiger partial charge in [0.15, 0.2) is 0 Å². The van der Waals surface area contributed by atoms with Gasteiger partial charge in [0, 0.05) is 46.9 Å². The van der Waals surface area contributed by atoms with Gasteiger partial charge >= 0.3 is 0 Å². The first kappa shape index (κ1) is 17.4. The van der Waals surface area contributed by atoms with Crippen LogP contribution in [-0.4, -0.2) is 47.6 Å². The molecule has 0 aliphatic rings. The predicted octanol–water partition coefficient (Wildman–Crippen LogP) is 4.38. The number of nitrogens with zero attached hydrogens (tertiary/aromatic N) is 2. The summed E-state index contributed by atoms with van der Waals surface area (Å²) in [6.45, 7) is 8.85. The molecule has 0 saturated carbocycles. The third-order valence-electron chi connectivity index (χ3n) is 3.71. The van der Waals surface area contributed by atoms with Crippen molar-refractivity contribution in [2.24, 2.45) is 0 Å². The summed E-state index contributed by atoms with van der Waals surface area (Å²) in [7, 11) is 0. The van der Waals surface area contributed by atoms with Crippen molar-refractivity contribution in [1.29, 1.82) is 0 Å². The highest BCUT2D eigenvalue weighted by Crippen LogP contribution is 2.24. The summed E-state index contributed by atoms with van der Waals surface area (Å²) >= 11 is 8.01. The molecule has 0 fully saturated rings. The van der Waals surface area contributed by atoms with Crippen molar-refractivity contribution in [3.8, 4) is 0 Å². The largest absolute Gasteiger partial charge is 0.384 e. The fraction of sp³-hybridized carbons (Fsp3) is 0.471. The Morgan fingerprint density at radius 2 is 2.00 bits per heavy atom. The Hall–Kier alpha value is -0.970. The smallest absolute Gasteiger partial charge is 0.0737 e. The number of halogens is 1. The molecule has 0 spiro atoms. The normalized spacial score (nSPS) is 11.3. The average Bonchev–Trinajstić information content (AvgIpc) is 2.54. The van der Waals surface area contributed by atoms with Crippen molar-refractivity contribution in [3.05, 3.63) is 35.5 Å². The number of anilines is 1. The Morgan fingerprint density at radius 1 is 1.18 bits per heavy atom. The van der Waals surface area contributed by atoms with E-state index in [-0.39, 0.29) is 0 Å². The van der Waals surface area contributed by atoms with Crippen LogP contribution in [0.2, 0.25) is 5.02 Å². The monoisotopic (exact) mass is 337 g/mol. The third-order valence-corrected chi connectivity index (χ3v) is 4.91. The van der Waals surface area contributed by atoms with E-state index >= 15 is 0 Å². The zero-order chi connectivity index (χ0) is 15.8. The molecule has 0 radical (unpaired) electrons. The van der Waals surface area contributed by atoms with Gasteiger partial charge in [-0.2, -0.15) is 11.8 Å². The minimum absolute atomic E-state index is 0.726. The zero-order valence-electron chi connectivity index (χ0n) is 13.3. The molecule has 3 nitrogen and oxygen atoms in total. The number of benzene rings is 1. The molecule has 1 heterocycles. The first-order valence-corrected chi connectivity index (χ1v) is 9.36. The molecule has 0 saturated heterocycles. The molecule has 22 heavy (non-hydrogen) atoms. The van der Waals surface area contributed by atoms with Crippen LogP contribution >= 0.6 is 23.4 Å². The molecule has 5 heteroatoms. The van der Waals surface area contributed by atoms with Gasteiger partial charge in [0.1, 0.15) is 0 Å². The Bertz CT molecular complexity index is 587. The topological polar surface area (TPSA) is 28.2 Å². The van der Waals surface area contributed by atoms with E-state index in [2.05, 4.69) is 29.0 Å². The van der Waals surface area contributed by atoms with Crippen molar-refractivity contribution in [2.45, 2.75) is 13.8 Å². The molecule has 0 aliphatic heterocycles. The maximum absolute atomic E-state index is 6.01. The van der Waals surface area contributed by atoms with Crippen molar-refractivity contribution in [3.63, 3.8) is 0 Å². The van der Waals surface area contributed by atoms with Crippen LogP contribution in [-0.2, 0) is 0 Å². The van der Waals surface area contributed by atoms with E-state index in [4.69, 9.17) is 11.6 Å². The first-order chi connectivity index (χ1) is 10.7. The van der Waals surface area contributed by atoms with Crippen LogP contribution in [0.5, 0.6) is 0 Å². The molecule has 0 atom stereocenters. The van der Waals surface area contributed by atoms with Crippen molar-refractivity contribution >= 4 is 40.0 Å². The minimum Gasteiger partial charge on any atom is -0.384 e. The highest BCUT2D eigenvalue weighted by atomic mass is 35.5. The van der Waals surface area contributed by atoms with Crippen LogP contribution in [0.25, 0.3) is 10.9 Å². The molecule has 120 valence electrons. The molecule has 1 aromatic carbocycles. The molecule has 0 bridgehead atoms. The number of hydrogen-bond acceptors (Lipinski definition) is 4. The number of rotatable bonds is 9. The Morgan fingerprint density at radius 3 is 2.77 bits per heavy atom. The fourth-order valence-corrected chi connectivity index (χ4v) is 3.37. The van der Waals surface area contributed by atoms with Crippen molar-refractivity contribution in [2.75, 3.05) is 43.0 Å². The number of fused-ring (bicyclic) bond motifs is 1. The van der Waals surface area contributed by atoms with Crippen molar-refractivity contribution in [1.82, 2.24) is 9.88 Å². The molecule has 0 amide bonds. The van der Waals surface area contributed by atoms with Crippen LogP contribution in [0.15, 0.2) is 30.5 Å². The molecule has 0 unspecified atom stereocenters. The first-order valence-electron chi connectivity index (χ1n) is 7.82. The number of aromatic nitrogens is 1. The number of pyridine rings is 1. The predicted molar refractivity (Wildman–Crippen MR) is 100 cm³/mol. The molecular weight excluding hydrogens is 314 g/mol. The van der Waals surface area contributed by atoms with Gasteiger partial charge < -0.3 is 10.2 Å². The maximum atomic E-state index is 6.01. The summed E-state index contributed by atoms with van der Waals surface area (Å²) < 4.78 is 0. The SMILES string of the molecule is CCN(CC)CCSCCNc1ccnc2cc(Cl)ccc12. The molecule has 0 aliphatic carbocycles. The Labute approximate surface area is 142 Å². The van der Waals surface area contributed by atoms with Gasteiger partial charge in [-0.25, -0.2) is 0 Å². The van der Waals surface area contributed by atoms with Gasteiger partial charge in [0.05, 0.1) is 5.52 Å². The van der Waals surface area contributed by atoms with Crippen LogP contribution in [0.3, 0.4) is 0 Å². The molecule has 2 rings (SSSR count). The third kappa shape index (κ3) is 5.04. The van der Waals surface area contributed by atoms with E-state index in [1.807, 2.05) is 42.2 Å². The lowest BCUT2D eigenvalue weighted by atomic mass is 10.2. The van der Waals surface area contributed by atoms with E-state index in [1.54, 1.807) is 0 Å². The van der Waals surface area contributed by atoms with E-state index in [0.29, 0.717) is 0 Å².